The van der Waals surface area contributed by atoms with Gasteiger partial charge < -0.3 is 9.47 Å². The maximum absolute atomic E-state index is 13.1. The maximum Gasteiger partial charge on any atom is 0.326 e. The minimum atomic E-state index is -0.738. The van der Waals surface area contributed by atoms with Crippen molar-refractivity contribution in [3.8, 4) is 0 Å². The fourth-order valence-electron chi connectivity index (χ4n) is 3.82. The molecule has 8 heteroatoms. The Morgan fingerprint density at radius 2 is 2.14 bits per heavy atom. The summed E-state index contributed by atoms with van der Waals surface area (Å²) in [6.45, 7) is 3.67. The highest BCUT2D eigenvalue weighted by Gasteiger charge is 2.43. The predicted octanol–water partition coefficient (Wildman–Crippen LogP) is 1.97. The van der Waals surface area contributed by atoms with Crippen LogP contribution in [-0.4, -0.2) is 46.9 Å². The Morgan fingerprint density at radius 1 is 1.34 bits per heavy atom. The molecule has 3 N–H and O–H groups in total. The molecule has 2 unspecified atom stereocenters. The van der Waals surface area contributed by atoms with Crippen molar-refractivity contribution in [2.75, 3.05) is 13.2 Å². The number of carbonyl (C=O) groups is 2. The average Bonchev–Trinajstić information content (AvgIpc) is 3.16. The van der Waals surface area contributed by atoms with E-state index in [0.717, 1.165) is 24.8 Å². The number of hydroxylamine groups is 1. The van der Waals surface area contributed by atoms with Gasteiger partial charge in [0.05, 0.1) is 5.69 Å². The Bertz CT molecular complexity index is 728. The van der Waals surface area contributed by atoms with Crippen LogP contribution in [0, 0.1) is 5.92 Å². The van der Waals surface area contributed by atoms with Crippen molar-refractivity contribution in [2.24, 2.45) is 5.92 Å². The molecule has 0 spiro atoms. The Kier molecular flexibility index (Phi) is 7.35. The number of hydrogen-bond acceptors (Lipinski definition) is 7. The summed E-state index contributed by atoms with van der Waals surface area (Å²) in [7, 11) is 0. The number of esters is 1. The highest BCUT2D eigenvalue weighted by molar-refractivity contribution is 5.90. The molecule has 1 amide bonds. The van der Waals surface area contributed by atoms with Crippen LogP contribution in [0.25, 0.3) is 6.08 Å². The van der Waals surface area contributed by atoms with Gasteiger partial charge in [-0.05, 0) is 55.7 Å². The van der Waals surface area contributed by atoms with E-state index in [0.29, 0.717) is 44.2 Å². The van der Waals surface area contributed by atoms with E-state index >= 15 is 0 Å². The predicted molar refractivity (Wildman–Crippen MR) is 106 cm³/mol. The molecule has 158 valence electrons. The SMILES string of the molecule is CC1CCCC1OC(=O)C1(NCc2ccc(C=CC(=O)NO)nc2)CCOCC1. The molecule has 1 aliphatic carbocycles. The minimum absolute atomic E-state index is 0.00729. The van der Waals surface area contributed by atoms with E-state index in [1.54, 1.807) is 12.3 Å². The standard InChI is InChI=1S/C21H29N3O5/c1-15-3-2-4-18(15)29-20(26)21(9-11-28-12-10-21)23-14-16-5-6-17(22-13-16)7-8-19(25)24-27/h5-8,13,15,18,23,27H,2-4,9-12,14H2,1H3,(H,24,25). The number of pyridine rings is 1. The fraction of sp³-hybridized carbons (Fsp3) is 0.571. The first kappa shape index (κ1) is 21.4. The first-order valence-corrected chi connectivity index (χ1v) is 10.1. The van der Waals surface area contributed by atoms with Gasteiger partial charge in [0.15, 0.2) is 0 Å². The zero-order valence-corrected chi connectivity index (χ0v) is 16.7. The van der Waals surface area contributed by atoms with Crippen molar-refractivity contribution >= 4 is 18.0 Å². The molecule has 1 aromatic rings. The number of hydrogen-bond donors (Lipinski definition) is 3. The van der Waals surface area contributed by atoms with Gasteiger partial charge in [-0.25, -0.2) is 5.48 Å². The normalized spacial score (nSPS) is 23.8. The van der Waals surface area contributed by atoms with Gasteiger partial charge in [-0.2, -0.15) is 0 Å². The van der Waals surface area contributed by atoms with E-state index in [1.165, 1.54) is 17.6 Å². The second-order valence-electron chi connectivity index (χ2n) is 7.80. The first-order valence-electron chi connectivity index (χ1n) is 10.1. The fourth-order valence-corrected chi connectivity index (χ4v) is 3.82. The van der Waals surface area contributed by atoms with Crippen molar-refractivity contribution in [3.63, 3.8) is 0 Å². The molecule has 1 aromatic heterocycles. The van der Waals surface area contributed by atoms with Gasteiger partial charge in [0.1, 0.15) is 11.6 Å². The lowest BCUT2D eigenvalue weighted by molar-refractivity contribution is -0.163. The van der Waals surface area contributed by atoms with Crippen molar-refractivity contribution in [2.45, 2.75) is 57.2 Å². The second-order valence-corrected chi connectivity index (χ2v) is 7.80. The molecule has 29 heavy (non-hydrogen) atoms. The lowest BCUT2D eigenvalue weighted by Gasteiger charge is -2.37. The third-order valence-electron chi connectivity index (χ3n) is 5.77. The van der Waals surface area contributed by atoms with Gasteiger partial charge in [0, 0.05) is 32.0 Å². The molecule has 0 radical (unpaired) electrons. The minimum Gasteiger partial charge on any atom is -0.461 e. The van der Waals surface area contributed by atoms with E-state index < -0.39 is 11.4 Å². The first-order chi connectivity index (χ1) is 14.0. The van der Waals surface area contributed by atoms with Crippen molar-refractivity contribution in [1.82, 2.24) is 15.8 Å². The zero-order chi connectivity index (χ0) is 20.7. The molecule has 1 aliphatic heterocycles. The number of nitrogens with one attached hydrogen (secondary N) is 2. The van der Waals surface area contributed by atoms with Gasteiger partial charge in [-0.1, -0.05) is 13.0 Å². The van der Waals surface area contributed by atoms with E-state index in [-0.39, 0.29) is 12.1 Å². The van der Waals surface area contributed by atoms with Gasteiger partial charge >= 0.3 is 5.97 Å². The molecular weight excluding hydrogens is 374 g/mol. The summed E-state index contributed by atoms with van der Waals surface area (Å²) in [6.07, 6.45) is 8.71. The maximum atomic E-state index is 13.1. The number of carbonyl (C=O) groups excluding carboxylic acids is 2. The molecule has 8 nitrogen and oxygen atoms in total. The summed E-state index contributed by atoms with van der Waals surface area (Å²) >= 11 is 0. The third-order valence-corrected chi connectivity index (χ3v) is 5.77. The molecule has 0 aromatic carbocycles. The number of amides is 1. The molecule has 2 atom stereocenters. The summed E-state index contributed by atoms with van der Waals surface area (Å²) < 4.78 is 11.4. The van der Waals surface area contributed by atoms with Crippen molar-refractivity contribution in [3.05, 3.63) is 35.7 Å². The number of rotatable bonds is 7. The van der Waals surface area contributed by atoms with Crippen molar-refractivity contribution < 1.29 is 24.3 Å². The number of ether oxygens (including phenoxy) is 2. The van der Waals surface area contributed by atoms with Crippen LogP contribution in [0.2, 0.25) is 0 Å². The zero-order valence-electron chi connectivity index (χ0n) is 16.7. The third kappa shape index (κ3) is 5.62. The summed E-state index contributed by atoms with van der Waals surface area (Å²) in [5.41, 5.74) is 2.30. The van der Waals surface area contributed by atoms with Crippen LogP contribution in [-0.2, 0) is 25.6 Å². The van der Waals surface area contributed by atoms with Gasteiger partial charge in [-0.15, -0.1) is 0 Å². The average molecular weight is 403 g/mol. The van der Waals surface area contributed by atoms with Gasteiger partial charge in [0.2, 0.25) is 0 Å². The molecular formula is C21H29N3O5. The Morgan fingerprint density at radius 3 is 2.76 bits per heavy atom. The Balaban J connectivity index is 1.62. The lowest BCUT2D eigenvalue weighted by Crippen LogP contribution is -2.56. The van der Waals surface area contributed by atoms with Gasteiger partial charge in [0.25, 0.3) is 5.91 Å². The number of nitrogens with zero attached hydrogens (tertiary/aromatic N) is 1. The molecule has 0 bridgehead atoms. The smallest absolute Gasteiger partial charge is 0.326 e. The van der Waals surface area contributed by atoms with Crippen LogP contribution in [0.3, 0.4) is 0 Å². The van der Waals surface area contributed by atoms with Gasteiger partial charge in [-0.3, -0.25) is 25.1 Å². The summed E-state index contributed by atoms with van der Waals surface area (Å²) in [5, 5.41) is 11.9. The van der Waals surface area contributed by atoms with Crippen LogP contribution in [0.1, 0.15) is 50.3 Å². The molecule has 2 heterocycles. The number of aromatic nitrogens is 1. The van der Waals surface area contributed by atoms with E-state index in [4.69, 9.17) is 14.7 Å². The van der Waals surface area contributed by atoms with E-state index in [2.05, 4.69) is 17.2 Å². The van der Waals surface area contributed by atoms with E-state index in [9.17, 15) is 9.59 Å². The molecule has 2 aliphatic rings. The molecule has 3 rings (SSSR count). The Labute approximate surface area is 170 Å². The van der Waals surface area contributed by atoms with Crippen LogP contribution < -0.4 is 10.8 Å². The summed E-state index contributed by atoms with van der Waals surface area (Å²) in [6, 6.07) is 3.65. The quantitative estimate of drug-likeness (QED) is 0.276. The summed E-state index contributed by atoms with van der Waals surface area (Å²) in [5.74, 6) is -0.385. The lowest BCUT2D eigenvalue weighted by atomic mass is 9.89. The van der Waals surface area contributed by atoms with Crippen LogP contribution >= 0.6 is 0 Å². The highest BCUT2D eigenvalue weighted by atomic mass is 16.5. The highest BCUT2D eigenvalue weighted by Crippen LogP contribution is 2.31. The molecule has 2 fully saturated rings. The Hall–Kier alpha value is -2.29. The monoisotopic (exact) mass is 403 g/mol. The van der Waals surface area contributed by atoms with Crippen molar-refractivity contribution in [1.29, 1.82) is 0 Å². The van der Waals surface area contributed by atoms with Crippen LogP contribution in [0.5, 0.6) is 0 Å². The molecule has 1 saturated carbocycles. The largest absolute Gasteiger partial charge is 0.461 e. The topological polar surface area (TPSA) is 110 Å². The van der Waals surface area contributed by atoms with Crippen LogP contribution in [0.4, 0.5) is 0 Å². The molecule has 1 saturated heterocycles. The van der Waals surface area contributed by atoms with Crippen LogP contribution in [0.15, 0.2) is 24.4 Å². The summed E-state index contributed by atoms with van der Waals surface area (Å²) in [4.78, 5) is 28.4. The van der Waals surface area contributed by atoms with E-state index in [1.807, 2.05) is 6.07 Å². The second kappa shape index (κ2) is 9.96.